The van der Waals surface area contributed by atoms with Crippen molar-refractivity contribution in [2.24, 2.45) is 34.0 Å². The first-order valence-electron chi connectivity index (χ1n) is 8.82. The molecule has 120 valence electrons. The summed E-state index contributed by atoms with van der Waals surface area (Å²) < 4.78 is 5.90. The molecule has 0 aliphatic heterocycles. The molecule has 22 heavy (non-hydrogen) atoms. The number of carbonyl (C=O) groups is 1. The van der Waals surface area contributed by atoms with Gasteiger partial charge in [0, 0.05) is 6.42 Å². The van der Waals surface area contributed by atoms with Crippen LogP contribution in [0.4, 0.5) is 0 Å². The zero-order chi connectivity index (χ0) is 15.9. The molecule has 0 bridgehead atoms. The van der Waals surface area contributed by atoms with Gasteiger partial charge in [-0.2, -0.15) is 0 Å². The molecule has 2 fully saturated rings. The summed E-state index contributed by atoms with van der Waals surface area (Å²) in [5.41, 5.74) is 1.78. The number of ether oxygens (including phenoxy) is 1. The Morgan fingerprint density at radius 3 is 2.68 bits per heavy atom. The van der Waals surface area contributed by atoms with Crippen molar-refractivity contribution in [3.8, 4) is 0 Å². The molecule has 0 aromatic carbocycles. The number of ketones is 1. The maximum absolute atomic E-state index is 12.0. The number of hydrogen-bond donors (Lipinski definition) is 0. The number of allylic oxidation sites excluding steroid dienone is 3. The number of methoxy groups -OCH3 is 1. The Labute approximate surface area is 134 Å². The van der Waals surface area contributed by atoms with Gasteiger partial charge < -0.3 is 4.74 Å². The van der Waals surface area contributed by atoms with E-state index in [9.17, 15) is 4.79 Å². The van der Waals surface area contributed by atoms with Gasteiger partial charge in [0.2, 0.25) is 0 Å². The Morgan fingerprint density at radius 1 is 1.32 bits per heavy atom. The lowest BCUT2D eigenvalue weighted by atomic mass is 9.56. The molecule has 2 heteroatoms. The molecule has 5 atom stereocenters. The summed E-state index contributed by atoms with van der Waals surface area (Å²) in [6.45, 7) is 9.56. The van der Waals surface area contributed by atoms with Gasteiger partial charge in [0.05, 0.1) is 12.5 Å². The van der Waals surface area contributed by atoms with Crippen molar-refractivity contribution in [1.29, 1.82) is 0 Å². The standard InChI is InChI=1S/C20H28O2/c1-12(2)15-6-7-20-10-13-8-14(21)9-16(13)19(20,4)17(22-5)11-18(15,20)3/h9,11-13,15H,6-8,10H2,1-5H3/t13-,15+,18+,19-,20+/m0/s1. The minimum absolute atomic E-state index is 0.0586. The average Bonchev–Trinajstić information content (AvgIpc) is 3.05. The highest BCUT2D eigenvalue weighted by atomic mass is 16.5. The summed E-state index contributed by atoms with van der Waals surface area (Å²) >= 11 is 0. The second-order valence-electron chi connectivity index (χ2n) is 8.76. The van der Waals surface area contributed by atoms with E-state index in [2.05, 4.69) is 33.8 Å². The van der Waals surface area contributed by atoms with Gasteiger partial charge in [0.25, 0.3) is 0 Å². The normalized spacial score (nSPS) is 49.1. The Kier molecular flexibility index (Phi) is 2.69. The first kappa shape index (κ1) is 14.5. The van der Waals surface area contributed by atoms with Crippen molar-refractivity contribution in [1.82, 2.24) is 0 Å². The largest absolute Gasteiger partial charge is 0.500 e. The highest BCUT2D eigenvalue weighted by molar-refractivity contribution is 5.94. The van der Waals surface area contributed by atoms with Crippen LogP contribution in [-0.4, -0.2) is 12.9 Å². The molecule has 0 unspecified atom stereocenters. The van der Waals surface area contributed by atoms with Gasteiger partial charge in [0.1, 0.15) is 5.76 Å². The topological polar surface area (TPSA) is 26.3 Å². The molecule has 0 aromatic rings. The molecule has 0 aromatic heterocycles. The van der Waals surface area contributed by atoms with Crippen molar-refractivity contribution >= 4 is 5.78 Å². The van der Waals surface area contributed by atoms with E-state index in [1.165, 1.54) is 24.8 Å². The fraction of sp³-hybridized carbons (Fsp3) is 0.750. The molecular formula is C20H28O2. The van der Waals surface area contributed by atoms with Gasteiger partial charge in [-0.05, 0) is 72.5 Å². The van der Waals surface area contributed by atoms with Crippen molar-refractivity contribution in [3.05, 3.63) is 23.5 Å². The maximum Gasteiger partial charge on any atom is 0.156 e. The fourth-order valence-electron chi connectivity index (χ4n) is 7.10. The van der Waals surface area contributed by atoms with Crippen LogP contribution >= 0.6 is 0 Å². The van der Waals surface area contributed by atoms with Gasteiger partial charge in [-0.1, -0.05) is 20.8 Å². The van der Waals surface area contributed by atoms with Crippen molar-refractivity contribution in [2.45, 2.75) is 53.4 Å². The summed E-state index contributed by atoms with van der Waals surface area (Å²) in [5.74, 6) is 3.32. The predicted molar refractivity (Wildman–Crippen MR) is 87.1 cm³/mol. The zero-order valence-corrected chi connectivity index (χ0v) is 14.5. The van der Waals surface area contributed by atoms with E-state index in [-0.39, 0.29) is 16.2 Å². The molecule has 0 N–H and O–H groups in total. The molecule has 0 radical (unpaired) electrons. The van der Waals surface area contributed by atoms with Crippen molar-refractivity contribution in [3.63, 3.8) is 0 Å². The van der Waals surface area contributed by atoms with Crippen LogP contribution in [0.25, 0.3) is 0 Å². The summed E-state index contributed by atoms with van der Waals surface area (Å²) in [5, 5.41) is 0. The first-order chi connectivity index (χ1) is 10.3. The lowest BCUT2D eigenvalue weighted by Crippen LogP contribution is -2.43. The number of fused-ring (bicyclic) bond motifs is 2. The molecule has 4 aliphatic rings. The van der Waals surface area contributed by atoms with E-state index >= 15 is 0 Å². The van der Waals surface area contributed by atoms with Crippen molar-refractivity contribution in [2.75, 3.05) is 7.11 Å². The Morgan fingerprint density at radius 2 is 2.05 bits per heavy atom. The van der Waals surface area contributed by atoms with Crippen LogP contribution in [0, 0.1) is 34.0 Å². The van der Waals surface area contributed by atoms with Crippen molar-refractivity contribution < 1.29 is 9.53 Å². The predicted octanol–water partition coefficient (Wildman–Crippen LogP) is 4.51. The van der Waals surface area contributed by atoms with Crippen LogP contribution in [0.15, 0.2) is 23.5 Å². The maximum atomic E-state index is 12.0. The lowest BCUT2D eigenvalue weighted by Gasteiger charge is -2.47. The van der Waals surface area contributed by atoms with Gasteiger partial charge >= 0.3 is 0 Å². The molecular weight excluding hydrogens is 272 g/mol. The molecule has 2 saturated carbocycles. The second-order valence-corrected chi connectivity index (χ2v) is 8.76. The van der Waals surface area contributed by atoms with E-state index in [4.69, 9.17) is 4.74 Å². The molecule has 1 spiro atoms. The molecule has 0 amide bonds. The van der Waals surface area contributed by atoms with Gasteiger partial charge in [-0.3, -0.25) is 4.79 Å². The van der Waals surface area contributed by atoms with Crippen LogP contribution < -0.4 is 0 Å². The highest BCUT2D eigenvalue weighted by Gasteiger charge is 2.75. The molecule has 2 nitrogen and oxygen atoms in total. The number of hydrogen-bond acceptors (Lipinski definition) is 2. The Balaban J connectivity index is 1.93. The summed E-state index contributed by atoms with van der Waals surface area (Å²) in [6.07, 6.45) is 8.89. The van der Waals surface area contributed by atoms with E-state index in [1.807, 2.05) is 13.2 Å². The highest BCUT2D eigenvalue weighted by Crippen LogP contribution is 2.80. The van der Waals surface area contributed by atoms with Gasteiger partial charge in [0.15, 0.2) is 5.78 Å². The quantitative estimate of drug-likeness (QED) is 0.750. The molecule has 0 heterocycles. The van der Waals surface area contributed by atoms with E-state index in [0.717, 1.165) is 18.1 Å². The molecule has 0 saturated heterocycles. The van der Waals surface area contributed by atoms with Crippen LogP contribution in [-0.2, 0) is 9.53 Å². The van der Waals surface area contributed by atoms with E-state index < -0.39 is 0 Å². The minimum atomic E-state index is -0.0586. The minimum Gasteiger partial charge on any atom is -0.500 e. The van der Waals surface area contributed by atoms with Crippen LogP contribution in [0.3, 0.4) is 0 Å². The second kappa shape index (κ2) is 4.07. The lowest BCUT2D eigenvalue weighted by molar-refractivity contribution is -0.114. The van der Waals surface area contributed by atoms with E-state index in [0.29, 0.717) is 17.6 Å². The van der Waals surface area contributed by atoms with Gasteiger partial charge in [-0.15, -0.1) is 0 Å². The first-order valence-corrected chi connectivity index (χ1v) is 8.82. The summed E-state index contributed by atoms with van der Waals surface area (Å²) in [4.78, 5) is 12.0. The summed E-state index contributed by atoms with van der Waals surface area (Å²) in [7, 11) is 1.81. The summed E-state index contributed by atoms with van der Waals surface area (Å²) in [6, 6.07) is 0. The van der Waals surface area contributed by atoms with Crippen LogP contribution in [0.1, 0.15) is 53.4 Å². The van der Waals surface area contributed by atoms with Gasteiger partial charge in [-0.25, -0.2) is 0 Å². The number of carbonyl (C=O) groups excluding carboxylic acids is 1. The third kappa shape index (κ3) is 1.28. The van der Waals surface area contributed by atoms with E-state index in [1.54, 1.807) is 0 Å². The van der Waals surface area contributed by atoms with Crippen LogP contribution in [0.2, 0.25) is 0 Å². The SMILES string of the molecule is COC1=C[C@]2(C)[C@@H](C(C)C)CC[C@@]23C[C@@H]2CC(=O)C=C2[C@@]13C. The monoisotopic (exact) mass is 300 g/mol. The Hall–Kier alpha value is -1.05. The smallest absolute Gasteiger partial charge is 0.156 e. The Bertz CT molecular complexity index is 613. The third-order valence-corrected chi connectivity index (χ3v) is 7.97. The third-order valence-electron chi connectivity index (χ3n) is 7.97. The average molecular weight is 300 g/mol. The fourth-order valence-corrected chi connectivity index (χ4v) is 7.10. The zero-order valence-electron chi connectivity index (χ0n) is 14.5. The number of rotatable bonds is 2. The molecule has 4 aliphatic carbocycles. The van der Waals surface area contributed by atoms with Crippen LogP contribution in [0.5, 0.6) is 0 Å². The molecule has 4 rings (SSSR count).